The Labute approximate surface area is 537 Å². The Hall–Kier alpha value is -7.69. The summed E-state index contributed by atoms with van der Waals surface area (Å²) < 4.78 is 28.1. The van der Waals surface area contributed by atoms with Crippen molar-refractivity contribution in [3.05, 3.63) is 202 Å². The number of esters is 2. The zero-order valence-electron chi connectivity index (χ0n) is 51.5. The molecule has 4 atom stereocenters. The maximum absolute atomic E-state index is 13.2. The number of cyclic esters (lactones) is 2. The molecule has 6 aromatic carbocycles. The molecule has 8 rings (SSSR count). The molecule has 16 nitrogen and oxygen atoms in total. The van der Waals surface area contributed by atoms with Crippen LogP contribution in [-0.2, 0) is 89.6 Å². The molecule has 2 unspecified atom stereocenters. The fraction of sp³-hybridized carbons (Fsp3) is 0.329. The first-order valence-corrected chi connectivity index (χ1v) is 38.6. The molecule has 4 N–H and O–H groups in total. The molecule has 0 bridgehead atoms. The number of nitrogens with one attached hydrogen (secondary N) is 2. The molecule has 470 valence electrons. The van der Waals surface area contributed by atoms with Crippen molar-refractivity contribution in [1.82, 2.24) is 0 Å². The van der Waals surface area contributed by atoms with Crippen molar-refractivity contribution in [2.75, 3.05) is 22.1 Å². The van der Waals surface area contributed by atoms with Crippen LogP contribution in [0.1, 0.15) is 113 Å². The van der Waals surface area contributed by atoms with E-state index in [0.29, 0.717) is 66.6 Å². The summed E-state index contributed by atoms with van der Waals surface area (Å²) >= 11 is -1.98. The summed E-state index contributed by atoms with van der Waals surface area (Å²) in [4.78, 5) is 86.3. The van der Waals surface area contributed by atoms with E-state index in [9.17, 15) is 43.8 Å². The van der Waals surface area contributed by atoms with Crippen LogP contribution in [0, 0.1) is 0 Å². The molecule has 2 aliphatic heterocycles. The van der Waals surface area contributed by atoms with E-state index in [1.54, 1.807) is 23.5 Å². The Bertz CT molecular complexity index is 3310. The topological polar surface area (TPSA) is 230 Å². The van der Waals surface area contributed by atoms with Gasteiger partial charge in [0.1, 0.15) is 35.6 Å². The van der Waals surface area contributed by atoms with Gasteiger partial charge in [0.2, 0.25) is 0 Å². The fourth-order valence-electron chi connectivity index (χ4n) is 10.3. The first kappa shape index (κ1) is 70.4. The number of aldehydes is 2. The predicted molar refractivity (Wildman–Crippen MR) is 351 cm³/mol. The summed E-state index contributed by atoms with van der Waals surface area (Å²) in [5.74, 6) is -1.11. The quantitative estimate of drug-likeness (QED) is 0.0163. The fourth-order valence-corrected chi connectivity index (χ4v) is 23.3. The van der Waals surface area contributed by atoms with E-state index in [0.717, 1.165) is 81.2 Å². The van der Waals surface area contributed by atoms with Gasteiger partial charge in [-0.25, -0.2) is 9.59 Å². The van der Waals surface area contributed by atoms with E-state index in [1.807, 2.05) is 149 Å². The molecular formula is C70H80N2O14PbS2. The van der Waals surface area contributed by atoms with E-state index < -0.39 is 58.4 Å². The Morgan fingerprint density at radius 2 is 0.955 bits per heavy atom. The van der Waals surface area contributed by atoms with Crippen LogP contribution >= 0.6 is 23.5 Å². The van der Waals surface area contributed by atoms with Crippen molar-refractivity contribution >= 4 is 109 Å². The zero-order valence-corrected chi connectivity index (χ0v) is 57.0. The molecule has 89 heavy (non-hydrogen) atoms. The molecule has 0 amide bonds. The number of aliphatic hydroxyl groups is 2. The third-order valence-electron chi connectivity index (χ3n) is 14.2. The third kappa shape index (κ3) is 22.1. The van der Waals surface area contributed by atoms with Gasteiger partial charge in [-0.05, 0) is 90.8 Å². The Kier molecular flexibility index (Phi) is 28.5. The van der Waals surface area contributed by atoms with E-state index in [2.05, 4.69) is 34.9 Å². The number of ether oxygens (including phenoxy) is 2. The van der Waals surface area contributed by atoms with Crippen LogP contribution in [0.2, 0.25) is 0 Å². The second-order valence-corrected chi connectivity index (χ2v) is 32.1. The van der Waals surface area contributed by atoms with Gasteiger partial charge in [-0.1, -0.05) is 80.6 Å². The SMILES string of the molecule is CCc1cc(N[C@H](C=O)Cc2ccccc2)cc(CC)[c]1[Pb]([O]C(C)=O)([O]C(C)=O)[O]C(C)=O.CCc1cc(N[C@H](C=O)Cc2ccccc2)cc(CC)c1C1=C(O)CC(CCSc2ccccc2)OC1=O.O=C1C=C(O)CC(CCSc2ccccc2)O1. The van der Waals surface area contributed by atoms with E-state index in [1.165, 1.54) is 30.6 Å². The zero-order chi connectivity index (χ0) is 64.3. The number of rotatable bonds is 27. The average molecular weight is 1440 g/mol. The van der Waals surface area contributed by atoms with Gasteiger partial charge < -0.3 is 29.8 Å². The van der Waals surface area contributed by atoms with Crippen LogP contribution in [0.25, 0.3) is 5.57 Å². The number of thioether (sulfide) groups is 2. The van der Waals surface area contributed by atoms with Crippen LogP contribution in [-0.4, -0.2) is 111 Å². The predicted octanol–water partition coefficient (Wildman–Crippen LogP) is 12.6. The molecule has 2 heterocycles. The summed E-state index contributed by atoms with van der Waals surface area (Å²) in [6.45, 7) is 11.4. The smallest absolute Gasteiger partial charge is 0.342 e. The molecule has 0 spiro atoms. The largest absolute Gasteiger partial charge is 0.512 e. The molecule has 0 radical (unpaired) electrons. The summed E-state index contributed by atoms with van der Waals surface area (Å²) in [5, 5.41) is 27.0. The molecule has 2 aliphatic rings. The normalized spacial score (nSPS) is 15.2. The van der Waals surface area contributed by atoms with Gasteiger partial charge in [-0.15, -0.1) is 23.5 Å². The van der Waals surface area contributed by atoms with E-state index in [-0.39, 0.29) is 35.3 Å². The second kappa shape index (κ2) is 36.1. The Morgan fingerprint density at radius 1 is 0.573 bits per heavy atom. The Balaban J connectivity index is 0.000000227. The van der Waals surface area contributed by atoms with Gasteiger partial charge in [0, 0.05) is 39.8 Å². The molecule has 0 saturated carbocycles. The number of carbonyl (C=O) groups excluding carboxylic acids is 7. The first-order chi connectivity index (χ1) is 42.9. The van der Waals surface area contributed by atoms with Crippen LogP contribution in [0.4, 0.5) is 11.4 Å². The average Bonchev–Trinajstić information content (AvgIpc) is 1.08. The second-order valence-electron chi connectivity index (χ2n) is 21.1. The van der Waals surface area contributed by atoms with Crippen molar-refractivity contribution in [3.8, 4) is 0 Å². The number of hydrogen-bond acceptors (Lipinski definition) is 18. The van der Waals surface area contributed by atoms with Gasteiger partial charge in [0.25, 0.3) is 0 Å². The minimum absolute atomic E-state index is 0.0934. The molecule has 0 aromatic heterocycles. The maximum atomic E-state index is 13.2. The number of aryl methyl sites for hydroxylation is 4. The molecule has 0 fully saturated rings. The van der Waals surface area contributed by atoms with Gasteiger partial charge >= 0.3 is 219 Å². The van der Waals surface area contributed by atoms with Crippen molar-refractivity contribution in [3.63, 3.8) is 0 Å². The molecular weight excluding hydrogens is 1360 g/mol. The van der Waals surface area contributed by atoms with Crippen molar-refractivity contribution in [2.24, 2.45) is 0 Å². The van der Waals surface area contributed by atoms with E-state index >= 15 is 0 Å². The number of aliphatic hydroxyl groups excluding tert-OH is 2. The minimum atomic E-state index is -5.42. The number of hydrogen-bond donors (Lipinski definition) is 4. The molecule has 19 heteroatoms. The van der Waals surface area contributed by atoms with Crippen LogP contribution in [0.3, 0.4) is 0 Å². The number of anilines is 2. The standard InChI is InChI=1S/C32H35NO4S.C19H22NO.C13H14O3S.3C2H4O2.Pb/c1-3-23-18-25(33-26(21-34)17-22-11-7-5-8-12-22)19-24(4-2)30(23)31-29(35)20-27(37-32(31)36)15-16-38-28-13-9-6-10-14-28;1-3-15-10-16(4-2)12-18(11-15)20-19(14-21)13-17-8-6-5-7-9-17;14-10-8-11(16-13(15)9-10)6-7-17-12-4-2-1-3-5-12;3*1-2(3)4;/h5-14,18-19,21,26-27,33,35H,3-4,15-17,20H2,1-2H3;5-9,11-12,14,19-20H,3-4,13H2,1-2H3;1-5,9,11,14H,6-8H2;3*1H3,(H,3,4);/q;;;;;;+3/p-3/t26-,27?;19-;;;;;/m00...../s1. The number of carbonyl (C=O) groups is 7. The van der Waals surface area contributed by atoms with E-state index in [4.69, 9.17) is 17.5 Å². The third-order valence-corrected chi connectivity index (χ3v) is 27.7. The van der Waals surface area contributed by atoms with Crippen LogP contribution in [0.15, 0.2) is 173 Å². The van der Waals surface area contributed by atoms with Crippen molar-refractivity contribution in [1.29, 1.82) is 0 Å². The van der Waals surface area contributed by atoms with Crippen LogP contribution < -0.4 is 13.8 Å². The maximum Gasteiger partial charge on any atom is 0.342 e. The van der Waals surface area contributed by atoms with Gasteiger partial charge in [0.05, 0.1) is 12.1 Å². The summed E-state index contributed by atoms with van der Waals surface area (Å²) in [7, 11) is 0. The molecule has 0 aliphatic carbocycles. The molecule has 6 aromatic rings. The monoisotopic (exact) mass is 1440 g/mol. The van der Waals surface area contributed by atoms with Crippen LogP contribution in [0.5, 0.6) is 0 Å². The summed E-state index contributed by atoms with van der Waals surface area (Å²) in [6.07, 6.45) is 7.98. The summed E-state index contributed by atoms with van der Waals surface area (Å²) in [6, 6.07) is 46.5. The first-order valence-electron chi connectivity index (χ1n) is 29.9. The Morgan fingerprint density at radius 3 is 1.31 bits per heavy atom. The van der Waals surface area contributed by atoms with Crippen molar-refractivity contribution < 1.29 is 61.3 Å². The minimum Gasteiger partial charge on any atom is -0.512 e. The summed E-state index contributed by atoms with van der Waals surface area (Å²) in [5.41, 5.74) is 7.97. The van der Waals surface area contributed by atoms with Gasteiger partial charge in [-0.3, -0.25) is 0 Å². The van der Waals surface area contributed by atoms with Crippen molar-refractivity contribution in [2.45, 2.75) is 147 Å². The van der Waals surface area contributed by atoms with Gasteiger partial charge in [0.15, 0.2) is 0 Å². The number of benzene rings is 6. The van der Waals surface area contributed by atoms with Gasteiger partial charge in [-0.2, -0.15) is 0 Å². The molecule has 0 saturated heterocycles.